The second-order valence-corrected chi connectivity index (χ2v) is 3.75. The van der Waals surface area contributed by atoms with E-state index in [2.05, 4.69) is 5.10 Å². The molecule has 5 heteroatoms. The molecule has 0 bridgehead atoms. The van der Waals surface area contributed by atoms with Gasteiger partial charge in [-0.25, -0.2) is 0 Å². The smallest absolute Gasteiger partial charge is 0.274 e. The Balaban J connectivity index is 2.94. The van der Waals surface area contributed by atoms with Crippen LogP contribution >= 0.6 is 0 Å². The SMILES string of the molecule is CCC(C)N(C)C(=O)c1c(N)cnn1C. The summed E-state index contributed by atoms with van der Waals surface area (Å²) in [6, 6.07) is 0.201. The number of hydrogen-bond acceptors (Lipinski definition) is 3. The number of aromatic nitrogens is 2. The number of rotatable bonds is 3. The van der Waals surface area contributed by atoms with Crippen molar-refractivity contribution < 1.29 is 4.79 Å². The van der Waals surface area contributed by atoms with Gasteiger partial charge in [0.05, 0.1) is 11.9 Å². The van der Waals surface area contributed by atoms with E-state index in [-0.39, 0.29) is 11.9 Å². The van der Waals surface area contributed by atoms with Gasteiger partial charge in [0.1, 0.15) is 5.69 Å². The van der Waals surface area contributed by atoms with Crippen LogP contribution in [0.25, 0.3) is 0 Å². The minimum atomic E-state index is -0.0816. The lowest BCUT2D eigenvalue weighted by atomic mass is 10.2. The van der Waals surface area contributed by atoms with Crippen molar-refractivity contribution in [1.29, 1.82) is 0 Å². The number of hydrogen-bond donors (Lipinski definition) is 1. The number of amides is 1. The summed E-state index contributed by atoms with van der Waals surface area (Å²) in [6.07, 6.45) is 2.41. The molecule has 0 radical (unpaired) electrons. The van der Waals surface area contributed by atoms with E-state index in [4.69, 9.17) is 5.73 Å². The van der Waals surface area contributed by atoms with E-state index in [0.29, 0.717) is 11.4 Å². The summed E-state index contributed by atoms with van der Waals surface area (Å²) in [4.78, 5) is 13.7. The predicted octanol–water partition coefficient (Wildman–Crippen LogP) is 0.873. The lowest BCUT2D eigenvalue weighted by molar-refractivity contribution is 0.0730. The van der Waals surface area contributed by atoms with Crippen molar-refractivity contribution in [3.05, 3.63) is 11.9 Å². The molecule has 0 saturated carbocycles. The molecule has 0 spiro atoms. The molecule has 0 saturated heterocycles. The van der Waals surface area contributed by atoms with Crippen molar-refractivity contribution in [2.45, 2.75) is 26.3 Å². The number of carbonyl (C=O) groups excluding carboxylic acids is 1. The summed E-state index contributed by atoms with van der Waals surface area (Å²) in [5.74, 6) is -0.0816. The Morgan fingerprint density at radius 3 is 2.73 bits per heavy atom. The molecular weight excluding hydrogens is 192 g/mol. The Labute approximate surface area is 89.9 Å². The van der Waals surface area contributed by atoms with Gasteiger partial charge in [0.2, 0.25) is 0 Å². The lowest BCUT2D eigenvalue weighted by Gasteiger charge is -2.23. The topological polar surface area (TPSA) is 64.2 Å². The molecule has 84 valence electrons. The van der Waals surface area contributed by atoms with Gasteiger partial charge < -0.3 is 10.6 Å². The molecule has 0 aliphatic rings. The fourth-order valence-corrected chi connectivity index (χ4v) is 1.36. The maximum atomic E-state index is 12.0. The summed E-state index contributed by atoms with van der Waals surface area (Å²) in [6.45, 7) is 4.05. The molecular formula is C10H18N4O. The highest BCUT2D eigenvalue weighted by molar-refractivity contribution is 5.97. The summed E-state index contributed by atoms with van der Waals surface area (Å²) in [7, 11) is 3.50. The molecule has 0 aromatic carbocycles. The molecule has 1 unspecified atom stereocenters. The zero-order valence-corrected chi connectivity index (χ0v) is 9.69. The Morgan fingerprint density at radius 1 is 1.73 bits per heavy atom. The van der Waals surface area contributed by atoms with Crippen LogP contribution in [0.1, 0.15) is 30.8 Å². The Kier molecular flexibility index (Phi) is 3.34. The second-order valence-electron chi connectivity index (χ2n) is 3.75. The summed E-state index contributed by atoms with van der Waals surface area (Å²) in [5.41, 5.74) is 6.58. The zero-order chi connectivity index (χ0) is 11.6. The molecule has 1 heterocycles. The van der Waals surface area contributed by atoms with E-state index < -0.39 is 0 Å². The summed E-state index contributed by atoms with van der Waals surface area (Å²) < 4.78 is 1.51. The number of anilines is 1. The Hall–Kier alpha value is -1.52. The number of nitrogens with zero attached hydrogens (tertiary/aromatic N) is 3. The van der Waals surface area contributed by atoms with Gasteiger partial charge in [-0.15, -0.1) is 0 Å². The van der Waals surface area contributed by atoms with Crippen LogP contribution in [0.2, 0.25) is 0 Å². The molecule has 0 fully saturated rings. The van der Waals surface area contributed by atoms with Crippen LogP contribution in [0.5, 0.6) is 0 Å². The molecule has 2 N–H and O–H groups in total. The summed E-state index contributed by atoms with van der Waals surface area (Å²) >= 11 is 0. The van der Waals surface area contributed by atoms with Crippen LogP contribution in [0.3, 0.4) is 0 Å². The standard InChI is InChI=1S/C10H18N4O/c1-5-7(2)13(3)10(15)9-8(11)6-12-14(9)4/h6-7H,5,11H2,1-4H3. The molecule has 1 atom stereocenters. The Bertz CT molecular complexity index is 339. The average molecular weight is 210 g/mol. The van der Waals surface area contributed by atoms with Gasteiger partial charge in [-0.3, -0.25) is 9.48 Å². The number of aryl methyl sites for hydroxylation is 1. The molecule has 1 aromatic rings. The lowest BCUT2D eigenvalue weighted by Crippen LogP contribution is -2.36. The van der Waals surface area contributed by atoms with E-state index in [1.807, 2.05) is 13.8 Å². The quantitative estimate of drug-likeness (QED) is 0.805. The van der Waals surface area contributed by atoms with Crippen LogP contribution in [-0.4, -0.2) is 33.7 Å². The molecule has 5 nitrogen and oxygen atoms in total. The van der Waals surface area contributed by atoms with Crippen LogP contribution in [-0.2, 0) is 7.05 Å². The van der Waals surface area contributed by atoms with Crippen molar-refractivity contribution in [2.24, 2.45) is 7.05 Å². The third kappa shape index (κ3) is 2.11. The zero-order valence-electron chi connectivity index (χ0n) is 9.69. The fourth-order valence-electron chi connectivity index (χ4n) is 1.36. The van der Waals surface area contributed by atoms with Crippen LogP contribution in [0, 0.1) is 0 Å². The van der Waals surface area contributed by atoms with Crippen molar-refractivity contribution in [3.8, 4) is 0 Å². The molecule has 0 aliphatic carbocycles. The minimum absolute atomic E-state index is 0.0816. The second kappa shape index (κ2) is 4.33. The van der Waals surface area contributed by atoms with Crippen molar-refractivity contribution >= 4 is 11.6 Å². The first-order valence-corrected chi connectivity index (χ1v) is 5.03. The third-order valence-corrected chi connectivity index (χ3v) is 2.74. The van der Waals surface area contributed by atoms with E-state index in [1.54, 1.807) is 19.0 Å². The maximum Gasteiger partial charge on any atom is 0.274 e. The molecule has 15 heavy (non-hydrogen) atoms. The largest absolute Gasteiger partial charge is 0.396 e. The van der Waals surface area contributed by atoms with Crippen molar-refractivity contribution in [3.63, 3.8) is 0 Å². The van der Waals surface area contributed by atoms with Crippen LogP contribution < -0.4 is 5.73 Å². The van der Waals surface area contributed by atoms with Gasteiger partial charge in [0.15, 0.2) is 0 Å². The molecule has 1 amide bonds. The van der Waals surface area contributed by atoms with E-state index in [0.717, 1.165) is 6.42 Å². The van der Waals surface area contributed by atoms with E-state index in [9.17, 15) is 4.79 Å². The van der Waals surface area contributed by atoms with Gasteiger partial charge in [0, 0.05) is 20.1 Å². The minimum Gasteiger partial charge on any atom is -0.396 e. The monoisotopic (exact) mass is 210 g/mol. The first-order valence-electron chi connectivity index (χ1n) is 5.03. The number of carbonyl (C=O) groups is 1. The molecule has 1 aromatic heterocycles. The molecule has 1 rings (SSSR count). The molecule has 0 aliphatic heterocycles. The first kappa shape index (κ1) is 11.6. The Morgan fingerprint density at radius 2 is 2.33 bits per heavy atom. The third-order valence-electron chi connectivity index (χ3n) is 2.74. The first-order chi connectivity index (χ1) is 6.99. The number of nitrogen functional groups attached to an aromatic ring is 1. The summed E-state index contributed by atoms with van der Waals surface area (Å²) in [5, 5.41) is 3.95. The van der Waals surface area contributed by atoms with Gasteiger partial charge in [-0.2, -0.15) is 5.10 Å². The van der Waals surface area contributed by atoms with E-state index in [1.165, 1.54) is 10.9 Å². The highest BCUT2D eigenvalue weighted by Gasteiger charge is 2.21. The van der Waals surface area contributed by atoms with Crippen LogP contribution in [0.4, 0.5) is 5.69 Å². The van der Waals surface area contributed by atoms with Gasteiger partial charge in [-0.1, -0.05) is 6.92 Å². The number of nitrogens with two attached hydrogens (primary N) is 1. The maximum absolute atomic E-state index is 12.0. The van der Waals surface area contributed by atoms with Gasteiger partial charge in [-0.05, 0) is 13.3 Å². The van der Waals surface area contributed by atoms with Crippen molar-refractivity contribution in [1.82, 2.24) is 14.7 Å². The average Bonchev–Trinajstić information content (AvgIpc) is 2.55. The predicted molar refractivity (Wildman–Crippen MR) is 59.5 cm³/mol. The van der Waals surface area contributed by atoms with Gasteiger partial charge >= 0.3 is 0 Å². The fraction of sp³-hybridized carbons (Fsp3) is 0.600. The van der Waals surface area contributed by atoms with Gasteiger partial charge in [0.25, 0.3) is 5.91 Å². The normalized spacial score (nSPS) is 12.5. The van der Waals surface area contributed by atoms with Crippen molar-refractivity contribution in [2.75, 3.05) is 12.8 Å². The highest BCUT2D eigenvalue weighted by atomic mass is 16.2. The highest BCUT2D eigenvalue weighted by Crippen LogP contribution is 2.14. The van der Waals surface area contributed by atoms with E-state index >= 15 is 0 Å². The van der Waals surface area contributed by atoms with Crippen LogP contribution in [0.15, 0.2) is 6.20 Å².